The molecule has 0 bridgehead atoms. The molecule has 4 rings (SSSR count). The minimum atomic E-state index is -0.885. The molecule has 0 aromatic heterocycles. The van der Waals surface area contributed by atoms with Crippen molar-refractivity contribution >= 4 is 43.6 Å². The molecule has 0 aliphatic carbocycles. The number of ketones is 1. The summed E-state index contributed by atoms with van der Waals surface area (Å²) in [6.45, 7) is 21.9. The van der Waals surface area contributed by atoms with E-state index >= 15 is 0 Å². The van der Waals surface area contributed by atoms with Crippen molar-refractivity contribution in [3.8, 4) is 0 Å². The van der Waals surface area contributed by atoms with Crippen LogP contribution in [0.15, 0.2) is 48.5 Å². The second-order valence-electron chi connectivity index (χ2n) is 15.6. The Bertz CT molecular complexity index is 1220. The number of carboxylic acid groups (broad SMARTS) is 1. The second-order valence-corrected chi connectivity index (χ2v) is 18.4. The zero-order valence-corrected chi connectivity index (χ0v) is 32.2. The lowest BCUT2D eigenvalue weighted by atomic mass is 9.74. The number of carboxylic acids is 1. The van der Waals surface area contributed by atoms with Crippen LogP contribution in [0.5, 0.6) is 0 Å². The number of rotatable bonds is 6. The number of benzene rings is 2. The SMILES string of the molecule is CC(Br)c1ccc(C(=O)CC2CC(C)(C)NC(C)(C)C2)cc1.CC(Br)c1ccc(C(=O)O)cc1.CC1(C)CC(N)CC(C)(C)N1. The van der Waals surface area contributed by atoms with Crippen molar-refractivity contribution in [2.24, 2.45) is 11.7 Å². The van der Waals surface area contributed by atoms with E-state index in [9.17, 15) is 9.59 Å². The average Bonchev–Trinajstić information content (AvgIpc) is 2.85. The van der Waals surface area contributed by atoms with E-state index in [-0.39, 0.29) is 32.8 Å². The third-order valence-corrected chi connectivity index (χ3v) is 9.34. The Balaban J connectivity index is 0.000000259. The molecule has 2 aliphatic heterocycles. The number of aromatic carboxylic acids is 1. The molecule has 8 heteroatoms. The number of carbonyl (C=O) groups is 2. The van der Waals surface area contributed by atoms with Gasteiger partial charge in [-0.25, -0.2) is 4.79 Å². The first kappa shape index (κ1) is 39.6. The predicted octanol–water partition coefficient (Wildman–Crippen LogP) is 9.37. The molecule has 2 saturated heterocycles. The van der Waals surface area contributed by atoms with E-state index in [0.29, 0.717) is 28.8 Å². The summed E-state index contributed by atoms with van der Waals surface area (Å²) in [5.74, 6) is -0.162. The fourth-order valence-electron chi connectivity index (χ4n) is 7.28. The van der Waals surface area contributed by atoms with Gasteiger partial charge in [0.1, 0.15) is 0 Å². The summed E-state index contributed by atoms with van der Waals surface area (Å²) in [6.07, 6.45) is 4.92. The first-order valence-corrected chi connectivity index (χ1v) is 17.9. The molecule has 0 radical (unpaired) electrons. The molecule has 2 fully saturated rings. The van der Waals surface area contributed by atoms with Gasteiger partial charge in [0.25, 0.3) is 0 Å². The highest BCUT2D eigenvalue weighted by Crippen LogP contribution is 2.35. The smallest absolute Gasteiger partial charge is 0.335 e. The highest BCUT2D eigenvalue weighted by Gasteiger charge is 2.38. The lowest BCUT2D eigenvalue weighted by Gasteiger charge is -2.46. The van der Waals surface area contributed by atoms with E-state index in [1.165, 1.54) is 5.56 Å². The van der Waals surface area contributed by atoms with E-state index in [0.717, 1.165) is 36.8 Å². The fourth-order valence-corrected chi connectivity index (χ4v) is 7.89. The average molecular weight is 752 g/mol. The number of piperidine rings is 2. The normalized spacial score (nSPS) is 21.6. The molecule has 0 saturated carbocycles. The van der Waals surface area contributed by atoms with Crippen molar-refractivity contribution in [1.82, 2.24) is 10.6 Å². The quantitative estimate of drug-likeness (QED) is 0.173. The van der Waals surface area contributed by atoms with Gasteiger partial charge in [-0.05, 0) is 124 Å². The zero-order chi connectivity index (χ0) is 34.4. The zero-order valence-electron chi connectivity index (χ0n) is 29.1. The van der Waals surface area contributed by atoms with Gasteiger partial charge in [0.15, 0.2) is 5.78 Å². The molecule has 0 spiro atoms. The highest BCUT2D eigenvalue weighted by atomic mass is 79.9. The van der Waals surface area contributed by atoms with E-state index in [1.807, 2.05) is 43.3 Å². The highest BCUT2D eigenvalue weighted by molar-refractivity contribution is 9.09. The van der Waals surface area contributed by atoms with Gasteiger partial charge < -0.3 is 21.5 Å². The number of alkyl halides is 2. The van der Waals surface area contributed by atoms with E-state index in [2.05, 4.69) is 105 Å². The Hall–Kier alpha value is -1.58. The summed E-state index contributed by atoms with van der Waals surface area (Å²) in [4.78, 5) is 23.6. The van der Waals surface area contributed by atoms with Crippen molar-refractivity contribution in [2.45, 2.75) is 139 Å². The molecule has 2 heterocycles. The molecule has 6 nitrogen and oxygen atoms in total. The minimum Gasteiger partial charge on any atom is -0.478 e. The van der Waals surface area contributed by atoms with Crippen molar-refractivity contribution in [3.05, 3.63) is 70.8 Å². The Morgan fingerprint density at radius 2 is 1.04 bits per heavy atom. The van der Waals surface area contributed by atoms with Crippen LogP contribution in [-0.2, 0) is 0 Å². The lowest BCUT2D eigenvalue weighted by molar-refractivity contribution is 0.0696. The largest absolute Gasteiger partial charge is 0.478 e. The molecule has 45 heavy (non-hydrogen) atoms. The van der Waals surface area contributed by atoms with Gasteiger partial charge in [-0.1, -0.05) is 68.3 Å². The summed E-state index contributed by atoms with van der Waals surface area (Å²) in [7, 11) is 0. The van der Waals surface area contributed by atoms with Gasteiger partial charge in [-0.3, -0.25) is 4.79 Å². The van der Waals surface area contributed by atoms with Crippen molar-refractivity contribution in [2.75, 3.05) is 0 Å². The van der Waals surface area contributed by atoms with Crippen LogP contribution in [0.2, 0.25) is 0 Å². The third kappa shape index (κ3) is 14.0. The second kappa shape index (κ2) is 16.0. The van der Waals surface area contributed by atoms with E-state index in [4.69, 9.17) is 10.8 Å². The predicted molar refractivity (Wildman–Crippen MR) is 196 cm³/mol. The Labute approximate surface area is 289 Å². The van der Waals surface area contributed by atoms with Crippen LogP contribution in [0.3, 0.4) is 0 Å². The number of nitrogens with one attached hydrogen (secondary N) is 2. The maximum atomic E-state index is 12.6. The van der Waals surface area contributed by atoms with Gasteiger partial charge >= 0.3 is 5.97 Å². The molecular weight excluding hydrogens is 694 g/mol. The number of carbonyl (C=O) groups excluding carboxylic acids is 1. The lowest BCUT2D eigenvalue weighted by Crippen LogP contribution is -2.60. The van der Waals surface area contributed by atoms with Gasteiger partial charge in [-0.15, -0.1) is 0 Å². The van der Waals surface area contributed by atoms with Gasteiger partial charge in [0, 0.05) is 49.8 Å². The molecule has 2 aromatic carbocycles. The van der Waals surface area contributed by atoms with Crippen LogP contribution in [0.4, 0.5) is 0 Å². The number of hydrogen-bond donors (Lipinski definition) is 4. The molecule has 252 valence electrons. The first-order chi connectivity index (χ1) is 20.5. The molecule has 2 unspecified atom stereocenters. The molecule has 2 aliphatic rings. The van der Waals surface area contributed by atoms with E-state index in [1.54, 1.807) is 12.1 Å². The summed E-state index contributed by atoms with van der Waals surface area (Å²) >= 11 is 6.95. The molecule has 0 amide bonds. The summed E-state index contributed by atoms with van der Waals surface area (Å²) < 4.78 is 0. The van der Waals surface area contributed by atoms with Crippen LogP contribution in [0.25, 0.3) is 0 Å². The van der Waals surface area contributed by atoms with Gasteiger partial charge in [0.2, 0.25) is 0 Å². The number of hydrogen-bond acceptors (Lipinski definition) is 5. The van der Waals surface area contributed by atoms with Crippen LogP contribution < -0.4 is 16.4 Å². The Morgan fingerprint density at radius 1 is 0.711 bits per heavy atom. The summed E-state index contributed by atoms with van der Waals surface area (Å²) in [5, 5.41) is 15.9. The Morgan fingerprint density at radius 3 is 1.36 bits per heavy atom. The topological polar surface area (TPSA) is 104 Å². The van der Waals surface area contributed by atoms with Crippen molar-refractivity contribution in [1.29, 1.82) is 0 Å². The van der Waals surface area contributed by atoms with Crippen molar-refractivity contribution in [3.63, 3.8) is 0 Å². The third-order valence-electron chi connectivity index (χ3n) is 8.28. The first-order valence-electron chi connectivity index (χ1n) is 16.1. The maximum Gasteiger partial charge on any atom is 0.335 e. The molecular formula is C37H57Br2N3O3. The summed E-state index contributed by atoms with van der Waals surface area (Å²) in [5.41, 5.74) is 10.0. The van der Waals surface area contributed by atoms with Crippen LogP contribution >= 0.6 is 31.9 Å². The number of nitrogens with two attached hydrogens (primary N) is 1. The van der Waals surface area contributed by atoms with Crippen LogP contribution in [0.1, 0.15) is 143 Å². The number of halogens is 2. The van der Waals surface area contributed by atoms with E-state index < -0.39 is 5.97 Å². The minimum absolute atomic E-state index is 0.0992. The number of Topliss-reactive ketones (excluding diaryl/α,β-unsaturated/α-hetero) is 1. The van der Waals surface area contributed by atoms with Gasteiger partial charge in [0.05, 0.1) is 5.56 Å². The fraction of sp³-hybridized carbons (Fsp3) is 0.622. The Kier molecular flexibility index (Phi) is 14.1. The van der Waals surface area contributed by atoms with Crippen LogP contribution in [-0.4, -0.2) is 45.1 Å². The van der Waals surface area contributed by atoms with Crippen LogP contribution in [0, 0.1) is 5.92 Å². The molecule has 2 aromatic rings. The summed E-state index contributed by atoms with van der Waals surface area (Å²) in [6, 6.07) is 15.2. The van der Waals surface area contributed by atoms with Gasteiger partial charge in [-0.2, -0.15) is 0 Å². The molecule has 5 N–H and O–H groups in total. The van der Waals surface area contributed by atoms with Crippen molar-refractivity contribution < 1.29 is 14.7 Å². The molecule has 2 atom stereocenters. The standard InChI is InChI=1S/C19H28BrNO.C9H9BrO2.C9H20N2/c1-13(20)15-6-8-16(9-7-15)17(22)10-14-11-18(2,3)21-19(4,5)12-14;1-6(10)7-2-4-8(5-3-7)9(11)12;1-8(2)5-7(10)6-9(3,4)11-8/h6-9,13-14,21H,10-12H2,1-5H3;2-6H,1H3,(H,11,12);7,11H,5-6,10H2,1-4H3. The monoisotopic (exact) mass is 749 g/mol. The maximum absolute atomic E-state index is 12.6.